The number of hydrogen-bond acceptors (Lipinski definition) is 3. The number of benzene rings is 1. The Morgan fingerprint density at radius 1 is 1.33 bits per heavy atom. The maximum Gasteiger partial charge on any atom is 0.301 e. The maximum atomic E-state index is 13.0. The van der Waals surface area contributed by atoms with Gasteiger partial charge in [-0.25, -0.2) is 4.39 Å². The van der Waals surface area contributed by atoms with Gasteiger partial charge < -0.3 is 5.32 Å². The van der Waals surface area contributed by atoms with E-state index in [2.05, 4.69) is 10.0 Å². The molecular weight excluding hydrogens is 293 g/mol. The van der Waals surface area contributed by atoms with E-state index in [9.17, 15) is 12.8 Å². The van der Waals surface area contributed by atoms with Crippen LogP contribution in [-0.4, -0.2) is 38.9 Å². The van der Waals surface area contributed by atoms with Crippen LogP contribution in [0.2, 0.25) is 0 Å². The summed E-state index contributed by atoms with van der Waals surface area (Å²) < 4.78 is 41.1. The first kappa shape index (κ1) is 17.9. The number of aryl methyl sites for hydroxylation is 1. The smallest absolute Gasteiger partial charge is 0.301 e. The summed E-state index contributed by atoms with van der Waals surface area (Å²) >= 11 is 0. The largest absolute Gasteiger partial charge is 0.314 e. The van der Waals surface area contributed by atoms with Crippen LogP contribution in [0.3, 0.4) is 0 Å². The molecule has 1 aromatic carbocycles. The Balaban J connectivity index is 2.59. The van der Waals surface area contributed by atoms with E-state index in [1.165, 1.54) is 29.6 Å². The van der Waals surface area contributed by atoms with Crippen LogP contribution in [0, 0.1) is 12.7 Å². The highest BCUT2D eigenvalue weighted by molar-refractivity contribution is 7.90. The molecule has 0 radical (unpaired) electrons. The fourth-order valence-corrected chi connectivity index (χ4v) is 2.80. The van der Waals surface area contributed by atoms with Gasteiger partial charge in [0.05, 0.1) is 5.69 Å². The minimum atomic E-state index is -3.62. The van der Waals surface area contributed by atoms with E-state index < -0.39 is 10.2 Å². The van der Waals surface area contributed by atoms with Crippen molar-refractivity contribution in [3.05, 3.63) is 29.6 Å². The van der Waals surface area contributed by atoms with Gasteiger partial charge in [0, 0.05) is 19.6 Å². The van der Waals surface area contributed by atoms with E-state index in [0.717, 1.165) is 13.0 Å². The van der Waals surface area contributed by atoms with Gasteiger partial charge in [-0.05, 0) is 43.7 Å². The van der Waals surface area contributed by atoms with Crippen LogP contribution in [0.4, 0.5) is 10.1 Å². The van der Waals surface area contributed by atoms with Crippen LogP contribution >= 0.6 is 0 Å². The Kier molecular flexibility index (Phi) is 6.57. The van der Waals surface area contributed by atoms with Crippen molar-refractivity contribution in [3.63, 3.8) is 0 Å². The highest BCUT2D eigenvalue weighted by atomic mass is 32.2. The number of nitrogens with zero attached hydrogens (tertiary/aromatic N) is 1. The third kappa shape index (κ3) is 5.99. The Morgan fingerprint density at radius 2 is 2.00 bits per heavy atom. The molecule has 0 aliphatic heterocycles. The number of halogens is 1. The predicted molar refractivity (Wildman–Crippen MR) is 84.1 cm³/mol. The summed E-state index contributed by atoms with van der Waals surface area (Å²) in [5.74, 6) is -0.386. The third-order valence-corrected chi connectivity index (χ3v) is 4.52. The fraction of sp³-hybridized carbons (Fsp3) is 0.571. The van der Waals surface area contributed by atoms with Gasteiger partial charge >= 0.3 is 10.2 Å². The van der Waals surface area contributed by atoms with Crippen LogP contribution in [0.5, 0.6) is 0 Å². The number of rotatable bonds is 8. The maximum absolute atomic E-state index is 13.0. The lowest BCUT2D eigenvalue weighted by atomic mass is 10.2. The lowest BCUT2D eigenvalue weighted by Gasteiger charge is -2.19. The molecule has 5 nitrogen and oxygen atoms in total. The summed E-state index contributed by atoms with van der Waals surface area (Å²) in [5, 5.41) is 3.23. The zero-order valence-corrected chi connectivity index (χ0v) is 13.8. The molecule has 0 aliphatic rings. The molecule has 0 aliphatic carbocycles. The molecule has 7 heteroatoms. The molecule has 1 rings (SSSR count). The number of anilines is 1. The molecule has 2 N–H and O–H groups in total. The second-order valence-electron chi connectivity index (χ2n) is 5.35. The van der Waals surface area contributed by atoms with E-state index in [1.807, 2.05) is 13.8 Å². The van der Waals surface area contributed by atoms with Crippen molar-refractivity contribution in [1.29, 1.82) is 0 Å². The third-order valence-electron chi connectivity index (χ3n) is 3.04. The first-order valence-corrected chi connectivity index (χ1v) is 8.40. The fourth-order valence-electron chi connectivity index (χ4n) is 1.77. The molecule has 0 aromatic heterocycles. The van der Waals surface area contributed by atoms with Gasteiger partial charge in [-0.3, -0.25) is 4.72 Å². The second-order valence-corrected chi connectivity index (χ2v) is 7.13. The molecule has 120 valence electrons. The van der Waals surface area contributed by atoms with E-state index in [0.29, 0.717) is 23.8 Å². The van der Waals surface area contributed by atoms with Crippen molar-refractivity contribution in [1.82, 2.24) is 9.62 Å². The van der Waals surface area contributed by atoms with Gasteiger partial charge in [0.25, 0.3) is 0 Å². The standard InChI is InChI=1S/C14H24FN3O2S/c1-11(2)16-8-5-9-18(4)21(19,20)17-14-7-6-13(15)10-12(14)3/h6-7,10-11,16-17H,5,8-9H2,1-4H3. The van der Waals surface area contributed by atoms with Crippen molar-refractivity contribution < 1.29 is 12.8 Å². The molecule has 0 unspecified atom stereocenters. The molecule has 0 bridgehead atoms. The zero-order chi connectivity index (χ0) is 16.0. The zero-order valence-electron chi connectivity index (χ0n) is 13.0. The molecule has 0 spiro atoms. The van der Waals surface area contributed by atoms with Crippen molar-refractivity contribution in [3.8, 4) is 0 Å². The summed E-state index contributed by atoms with van der Waals surface area (Å²) in [6, 6.07) is 4.34. The Morgan fingerprint density at radius 3 is 2.57 bits per heavy atom. The molecule has 0 heterocycles. The van der Waals surface area contributed by atoms with Crippen molar-refractivity contribution >= 4 is 15.9 Å². The summed E-state index contributed by atoms with van der Waals surface area (Å²) in [4.78, 5) is 0. The second kappa shape index (κ2) is 7.72. The molecule has 0 saturated heterocycles. The molecule has 1 aromatic rings. The van der Waals surface area contributed by atoms with Crippen molar-refractivity contribution in [2.45, 2.75) is 33.2 Å². The Labute approximate surface area is 126 Å². The average molecular weight is 317 g/mol. The summed E-state index contributed by atoms with van der Waals surface area (Å²) in [5.41, 5.74) is 0.942. The van der Waals surface area contributed by atoms with Crippen LogP contribution in [0.15, 0.2) is 18.2 Å². The number of hydrogen-bond donors (Lipinski definition) is 2. The molecule has 0 amide bonds. The lowest BCUT2D eigenvalue weighted by molar-refractivity contribution is 0.451. The topological polar surface area (TPSA) is 61.4 Å². The molecule has 0 fully saturated rings. The lowest BCUT2D eigenvalue weighted by Crippen LogP contribution is -2.35. The van der Waals surface area contributed by atoms with Gasteiger partial charge in [0.2, 0.25) is 0 Å². The minimum Gasteiger partial charge on any atom is -0.314 e. The van der Waals surface area contributed by atoms with Crippen molar-refractivity contribution in [2.75, 3.05) is 24.9 Å². The summed E-state index contributed by atoms with van der Waals surface area (Å²) in [6.07, 6.45) is 0.720. The van der Waals surface area contributed by atoms with Crippen LogP contribution in [0.25, 0.3) is 0 Å². The Bertz CT molecular complexity index is 561. The van der Waals surface area contributed by atoms with E-state index in [4.69, 9.17) is 0 Å². The van der Waals surface area contributed by atoms with Gasteiger partial charge in [-0.2, -0.15) is 12.7 Å². The van der Waals surface area contributed by atoms with E-state index >= 15 is 0 Å². The molecule has 0 saturated carbocycles. The van der Waals surface area contributed by atoms with Gasteiger partial charge in [0.15, 0.2) is 0 Å². The predicted octanol–water partition coefficient (Wildman–Crippen LogP) is 2.11. The first-order valence-electron chi connectivity index (χ1n) is 6.96. The van der Waals surface area contributed by atoms with Crippen LogP contribution < -0.4 is 10.0 Å². The Hall–Kier alpha value is -1.18. The SMILES string of the molecule is Cc1cc(F)ccc1NS(=O)(=O)N(C)CCCNC(C)C. The highest BCUT2D eigenvalue weighted by Gasteiger charge is 2.18. The van der Waals surface area contributed by atoms with Gasteiger partial charge in [0.1, 0.15) is 5.82 Å². The molecular formula is C14H24FN3O2S. The molecule has 21 heavy (non-hydrogen) atoms. The first-order chi connectivity index (χ1) is 9.72. The summed E-state index contributed by atoms with van der Waals surface area (Å²) in [7, 11) is -2.09. The monoisotopic (exact) mass is 317 g/mol. The summed E-state index contributed by atoms with van der Waals surface area (Å²) in [6.45, 7) is 6.91. The normalized spacial score (nSPS) is 12.1. The van der Waals surface area contributed by atoms with Crippen LogP contribution in [-0.2, 0) is 10.2 Å². The highest BCUT2D eigenvalue weighted by Crippen LogP contribution is 2.18. The number of nitrogens with one attached hydrogen (secondary N) is 2. The van der Waals surface area contributed by atoms with Gasteiger partial charge in [-0.15, -0.1) is 0 Å². The van der Waals surface area contributed by atoms with E-state index in [1.54, 1.807) is 6.92 Å². The molecule has 0 atom stereocenters. The van der Waals surface area contributed by atoms with Crippen molar-refractivity contribution in [2.24, 2.45) is 0 Å². The van der Waals surface area contributed by atoms with E-state index in [-0.39, 0.29) is 5.82 Å². The quantitative estimate of drug-likeness (QED) is 0.722. The minimum absolute atomic E-state index is 0.381. The van der Waals surface area contributed by atoms with Crippen LogP contribution in [0.1, 0.15) is 25.8 Å². The van der Waals surface area contributed by atoms with Gasteiger partial charge in [-0.1, -0.05) is 13.8 Å². The average Bonchev–Trinajstić information content (AvgIpc) is 2.37.